The van der Waals surface area contributed by atoms with Crippen LogP contribution in [0.3, 0.4) is 0 Å². The molecule has 90 valence electrons. The number of nitrogens with one attached hydrogen (secondary N) is 1. The van der Waals surface area contributed by atoms with Crippen LogP contribution in [0.25, 0.3) is 0 Å². The van der Waals surface area contributed by atoms with Crippen molar-refractivity contribution in [1.82, 2.24) is 10.2 Å². The molecule has 0 aromatic heterocycles. The van der Waals surface area contributed by atoms with Gasteiger partial charge in [-0.15, -0.1) is 0 Å². The fourth-order valence-corrected chi connectivity index (χ4v) is 1.35. The van der Waals surface area contributed by atoms with Crippen molar-refractivity contribution in [3.05, 3.63) is 0 Å². The van der Waals surface area contributed by atoms with E-state index in [1.165, 1.54) is 0 Å². The van der Waals surface area contributed by atoms with Crippen LogP contribution in [0.1, 0.15) is 26.7 Å². The molecule has 2 unspecified atom stereocenters. The van der Waals surface area contributed by atoms with E-state index in [1.54, 1.807) is 0 Å². The van der Waals surface area contributed by atoms with E-state index in [-0.39, 0.29) is 24.5 Å². The molecule has 0 fully saturated rings. The lowest BCUT2D eigenvalue weighted by molar-refractivity contribution is -0.126. The second kappa shape index (κ2) is 7.65. The monoisotopic (exact) mass is 216 g/mol. The average Bonchev–Trinajstić information content (AvgIpc) is 2.21. The Morgan fingerprint density at radius 1 is 1.47 bits per heavy atom. The van der Waals surface area contributed by atoms with Gasteiger partial charge in [0.05, 0.1) is 6.04 Å². The Labute approximate surface area is 92.7 Å². The number of rotatable bonds is 7. The van der Waals surface area contributed by atoms with E-state index in [2.05, 4.69) is 12.2 Å². The number of aliphatic hydroxyl groups excluding tert-OH is 1. The van der Waals surface area contributed by atoms with Crippen LogP contribution in [0.2, 0.25) is 0 Å². The number of carbonyl (C=O) groups excluding carboxylic acids is 1. The van der Waals surface area contributed by atoms with Crippen molar-refractivity contribution in [1.29, 1.82) is 0 Å². The van der Waals surface area contributed by atoms with E-state index in [0.29, 0.717) is 6.54 Å². The molecular formula is C11H24N2O2. The predicted molar refractivity (Wildman–Crippen MR) is 61.6 cm³/mol. The molecule has 4 nitrogen and oxygen atoms in total. The maximum atomic E-state index is 11.8. The van der Waals surface area contributed by atoms with Gasteiger partial charge < -0.3 is 10.4 Å². The van der Waals surface area contributed by atoms with Crippen LogP contribution in [0, 0.1) is 5.92 Å². The van der Waals surface area contributed by atoms with Gasteiger partial charge in [0.15, 0.2) is 0 Å². The van der Waals surface area contributed by atoms with Gasteiger partial charge in [0.25, 0.3) is 0 Å². The van der Waals surface area contributed by atoms with Gasteiger partial charge >= 0.3 is 0 Å². The summed E-state index contributed by atoms with van der Waals surface area (Å²) in [6.07, 6.45) is 1.86. The van der Waals surface area contributed by atoms with Gasteiger partial charge in [-0.2, -0.15) is 0 Å². The van der Waals surface area contributed by atoms with Crippen LogP contribution in [0.4, 0.5) is 0 Å². The highest BCUT2D eigenvalue weighted by molar-refractivity contribution is 5.81. The summed E-state index contributed by atoms with van der Waals surface area (Å²) in [7, 11) is 3.82. The average molecular weight is 216 g/mol. The molecule has 0 saturated carbocycles. The molecular weight excluding hydrogens is 192 g/mol. The van der Waals surface area contributed by atoms with Crippen LogP contribution >= 0.6 is 0 Å². The fraction of sp³-hybridized carbons (Fsp3) is 0.909. The molecule has 2 atom stereocenters. The van der Waals surface area contributed by atoms with Gasteiger partial charge in [0, 0.05) is 13.2 Å². The van der Waals surface area contributed by atoms with Crippen LogP contribution < -0.4 is 5.32 Å². The number of aliphatic hydroxyl groups is 1. The van der Waals surface area contributed by atoms with Gasteiger partial charge in [-0.1, -0.05) is 20.3 Å². The summed E-state index contributed by atoms with van der Waals surface area (Å²) < 4.78 is 0. The molecule has 0 aromatic carbocycles. The first-order valence-electron chi connectivity index (χ1n) is 5.57. The van der Waals surface area contributed by atoms with Crippen molar-refractivity contribution in [3.8, 4) is 0 Å². The minimum Gasteiger partial charge on any atom is -0.396 e. The molecule has 0 aliphatic heterocycles. The normalized spacial score (nSPS) is 15.1. The first-order valence-corrected chi connectivity index (χ1v) is 5.57. The molecule has 0 aromatic rings. The zero-order chi connectivity index (χ0) is 11.8. The molecule has 0 saturated heterocycles. The van der Waals surface area contributed by atoms with Gasteiger partial charge in [0.1, 0.15) is 0 Å². The molecule has 0 radical (unpaired) electrons. The summed E-state index contributed by atoms with van der Waals surface area (Å²) in [5.74, 6) is 0.181. The quantitative estimate of drug-likeness (QED) is 0.650. The molecule has 0 aliphatic rings. The minimum atomic E-state index is -0.0547. The van der Waals surface area contributed by atoms with Crippen molar-refractivity contribution in [2.75, 3.05) is 27.2 Å². The third-order valence-corrected chi connectivity index (χ3v) is 2.42. The Morgan fingerprint density at radius 2 is 2.07 bits per heavy atom. The smallest absolute Gasteiger partial charge is 0.237 e. The summed E-state index contributed by atoms with van der Waals surface area (Å²) in [5, 5.41) is 11.7. The molecule has 0 spiro atoms. The second-order valence-corrected chi connectivity index (χ2v) is 4.30. The summed E-state index contributed by atoms with van der Waals surface area (Å²) in [6, 6.07) is -0.0547. The van der Waals surface area contributed by atoms with E-state index < -0.39 is 0 Å². The predicted octanol–water partition coefficient (Wildman–Crippen LogP) is 0.461. The lowest BCUT2D eigenvalue weighted by atomic mass is 10.1. The van der Waals surface area contributed by atoms with Crippen LogP contribution in [-0.4, -0.2) is 49.2 Å². The standard InChI is InChI=1S/C11H24N2O2/c1-5-6-10(13(3)4)11(15)12-7-9(2)8-14/h9-10,14H,5-8H2,1-4H3,(H,12,15). The third-order valence-electron chi connectivity index (χ3n) is 2.42. The first-order chi connectivity index (χ1) is 7.02. The SMILES string of the molecule is CCCC(C(=O)NCC(C)CO)N(C)C. The van der Waals surface area contributed by atoms with Gasteiger partial charge in [0.2, 0.25) is 5.91 Å². The zero-order valence-electron chi connectivity index (χ0n) is 10.3. The summed E-state index contributed by atoms with van der Waals surface area (Å²) in [5.41, 5.74) is 0. The molecule has 15 heavy (non-hydrogen) atoms. The summed E-state index contributed by atoms with van der Waals surface area (Å²) >= 11 is 0. The maximum absolute atomic E-state index is 11.8. The summed E-state index contributed by atoms with van der Waals surface area (Å²) in [6.45, 7) is 4.63. The Kier molecular flexibility index (Phi) is 7.34. The van der Waals surface area contributed by atoms with E-state index in [9.17, 15) is 4.79 Å². The maximum Gasteiger partial charge on any atom is 0.237 e. The number of likely N-dealkylation sites (N-methyl/N-ethyl adjacent to an activating group) is 1. The van der Waals surface area contributed by atoms with Crippen LogP contribution in [0.15, 0.2) is 0 Å². The Balaban J connectivity index is 4.03. The van der Waals surface area contributed by atoms with Crippen molar-refractivity contribution < 1.29 is 9.90 Å². The lowest BCUT2D eigenvalue weighted by Gasteiger charge is -2.23. The Bertz CT molecular complexity index is 183. The molecule has 0 bridgehead atoms. The lowest BCUT2D eigenvalue weighted by Crippen LogP contribution is -2.44. The van der Waals surface area contributed by atoms with E-state index in [4.69, 9.17) is 5.11 Å². The number of hydrogen-bond donors (Lipinski definition) is 2. The highest BCUT2D eigenvalue weighted by atomic mass is 16.3. The van der Waals surface area contributed by atoms with Crippen molar-refractivity contribution in [3.63, 3.8) is 0 Å². The number of carbonyl (C=O) groups is 1. The van der Waals surface area contributed by atoms with Crippen molar-refractivity contribution in [2.45, 2.75) is 32.7 Å². The zero-order valence-corrected chi connectivity index (χ0v) is 10.3. The molecule has 1 amide bonds. The first kappa shape index (κ1) is 14.4. The minimum absolute atomic E-state index is 0.0547. The number of hydrogen-bond acceptors (Lipinski definition) is 3. The topological polar surface area (TPSA) is 52.6 Å². The van der Waals surface area contributed by atoms with Crippen LogP contribution in [0.5, 0.6) is 0 Å². The molecule has 4 heteroatoms. The molecule has 2 N–H and O–H groups in total. The molecule has 0 aliphatic carbocycles. The molecule has 0 rings (SSSR count). The second-order valence-electron chi connectivity index (χ2n) is 4.30. The molecule has 0 heterocycles. The van der Waals surface area contributed by atoms with Crippen molar-refractivity contribution >= 4 is 5.91 Å². The van der Waals surface area contributed by atoms with Gasteiger partial charge in [-0.05, 0) is 26.4 Å². The fourth-order valence-electron chi connectivity index (χ4n) is 1.35. The Hall–Kier alpha value is -0.610. The van der Waals surface area contributed by atoms with E-state index in [0.717, 1.165) is 12.8 Å². The summed E-state index contributed by atoms with van der Waals surface area (Å²) in [4.78, 5) is 13.7. The largest absolute Gasteiger partial charge is 0.396 e. The van der Waals surface area contributed by atoms with Crippen LogP contribution in [-0.2, 0) is 4.79 Å². The number of nitrogens with zero attached hydrogens (tertiary/aromatic N) is 1. The highest BCUT2D eigenvalue weighted by Crippen LogP contribution is 2.03. The van der Waals surface area contributed by atoms with E-state index >= 15 is 0 Å². The van der Waals surface area contributed by atoms with E-state index in [1.807, 2.05) is 25.9 Å². The van der Waals surface area contributed by atoms with Gasteiger partial charge in [-0.3, -0.25) is 9.69 Å². The van der Waals surface area contributed by atoms with Crippen molar-refractivity contribution in [2.24, 2.45) is 5.92 Å². The van der Waals surface area contributed by atoms with Gasteiger partial charge in [-0.25, -0.2) is 0 Å². The highest BCUT2D eigenvalue weighted by Gasteiger charge is 2.19. The number of amides is 1. The Morgan fingerprint density at radius 3 is 2.47 bits per heavy atom. The third kappa shape index (κ3) is 5.74.